The molecular formula is C17H16ClN5O. The normalized spacial score (nSPS) is 14.9. The first kappa shape index (κ1) is 15.1. The van der Waals surface area contributed by atoms with Gasteiger partial charge >= 0.3 is 0 Å². The maximum atomic E-state index is 5.89. The van der Waals surface area contributed by atoms with Crippen LogP contribution < -0.4 is 5.32 Å². The molecule has 2 aromatic heterocycles. The van der Waals surface area contributed by atoms with Crippen LogP contribution in [0.15, 0.2) is 40.9 Å². The van der Waals surface area contributed by atoms with Gasteiger partial charge in [0, 0.05) is 16.6 Å². The van der Waals surface area contributed by atoms with Gasteiger partial charge in [-0.1, -0.05) is 29.6 Å². The largest absolute Gasteiger partial charge is 0.366 e. The molecule has 1 fully saturated rings. The van der Waals surface area contributed by atoms with E-state index in [-0.39, 0.29) is 0 Å². The van der Waals surface area contributed by atoms with E-state index in [1.807, 2.05) is 24.3 Å². The molecule has 0 radical (unpaired) electrons. The minimum absolute atomic E-state index is 0.347. The molecule has 1 aromatic carbocycles. The summed E-state index contributed by atoms with van der Waals surface area (Å²) in [5.41, 5.74) is 1.39. The Kier molecular flexibility index (Phi) is 4.13. The number of anilines is 1. The Labute approximate surface area is 144 Å². The van der Waals surface area contributed by atoms with Crippen LogP contribution >= 0.6 is 11.6 Å². The van der Waals surface area contributed by atoms with Crippen LogP contribution in [0.25, 0.3) is 23.0 Å². The highest BCUT2D eigenvalue weighted by Crippen LogP contribution is 2.24. The number of aromatic nitrogens is 4. The molecule has 1 aliphatic carbocycles. The van der Waals surface area contributed by atoms with E-state index >= 15 is 0 Å². The average Bonchev–Trinajstić information content (AvgIpc) is 3.28. The molecule has 0 atom stereocenters. The molecule has 3 aromatic rings. The number of rotatable bonds is 4. The highest BCUT2D eigenvalue weighted by atomic mass is 35.5. The quantitative estimate of drug-likeness (QED) is 0.766. The van der Waals surface area contributed by atoms with E-state index in [0.717, 1.165) is 11.4 Å². The maximum absolute atomic E-state index is 5.89. The predicted octanol–water partition coefficient (Wildman–Crippen LogP) is 4.20. The fourth-order valence-corrected chi connectivity index (χ4v) is 2.97. The van der Waals surface area contributed by atoms with Crippen LogP contribution in [0.2, 0.25) is 5.02 Å². The summed E-state index contributed by atoms with van der Waals surface area (Å²) >= 11 is 5.89. The zero-order valence-electron chi connectivity index (χ0n) is 12.9. The number of nitrogens with one attached hydrogen (secondary N) is 1. The van der Waals surface area contributed by atoms with Crippen LogP contribution in [0, 0.1) is 0 Å². The molecule has 6 nitrogen and oxygen atoms in total. The first-order valence-electron chi connectivity index (χ1n) is 7.98. The Bertz CT molecular complexity index is 810. The lowest BCUT2D eigenvalue weighted by Crippen LogP contribution is -2.15. The third kappa shape index (κ3) is 3.23. The van der Waals surface area contributed by atoms with Crippen molar-refractivity contribution in [2.24, 2.45) is 0 Å². The third-order valence-electron chi connectivity index (χ3n) is 4.12. The lowest BCUT2D eigenvalue weighted by molar-refractivity contribution is 0.430. The zero-order valence-corrected chi connectivity index (χ0v) is 13.7. The molecule has 24 heavy (non-hydrogen) atoms. The molecule has 1 aliphatic rings. The van der Waals surface area contributed by atoms with E-state index in [9.17, 15) is 0 Å². The molecule has 0 bridgehead atoms. The summed E-state index contributed by atoms with van der Waals surface area (Å²) in [4.78, 5) is 4.37. The molecule has 2 heterocycles. The van der Waals surface area contributed by atoms with Crippen molar-refractivity contribution in [1.82, 2.24) is 20.3 Å². The first-order chi connectivity index (χ1) is 11.8. The minimum atomic E-state index is 0.347. The second kappa shape index (κ2) is 6.57. The van der Waals surface area contributed by atoms with Crippen molar-refractivity contribution in [2.75, 3.05) is 5.32 Å². The Morgan fingerprint density at radius 2 is 1.79 bits per heavy atom. The van der Waals surface area contributed by atoms with E-state index < -0.39 is 0 Å². The summed E-state index contributed by atoms with van der Waals surface area (Å²) in [6.07, 6.45) is 4.94. The summed E-state index contributed by atoms with van der Waals surface area (Å²) in [6.45, 7) is 0. The molecule has 0 spiro atoms. The summed E-state index contributed by atoms with van der Waals surface area (Å²) < 4.78 is 5.29. The molecule has 1 N–H and O–H groups in total. The molecule has 4 rings (SSSR count). The Hall–Kier alpha value is -2.47. The van der Waals surface area contributed by atoms with Crippen LogP contribution in [0.1, 0.15) is 25.7 Å². The lowest BCUT2D eigenvalue weighted by Gasteiger charge is -2.11. The fourth-order valence-electron chi connectivity index (χ4n) is 2.85. The van der Waals surface area contributed by atoms with Crippen molar-refractivity contribution in [3.63, 3.8) is 0 Å². The highest BCUT2D eigenvalue weighted by molar-refractivity contribution is 6.30. The van der Waals surface area contributed by atoms with Gasteiger partial charge in [-0.2, -0.15) is 4.98 Å². The van der Waals surface area contributed by atoms with Crippen molar-refractivity contribution in [3.05, 3.63) is 41.4 Å². The summed E-state index contributed by atoms with van der Waals surface area (Å²) in [7, 11) is 0. The summed E-state index contributed by atoms with van der Waals surface area (Å²) in [6, 6.07) is 11.5. The van der Waals surface area contributed by atoms with Gasteiger partial charge in [0.1, 0.15) is 5.82 Å². The molecular weight excluding hydrogens is 326 g/mol. The van der Waals surface area contributed by atoms with Crippen LogP contribution in [-0.2, 0) is 0 Å². The fraction of sp³-hybridized carbons (Fsp3) is 0.294. The second-order valence-corrected chi connectivity index (χ2v) is 6.30. The van der Waals surface area contributed by atoms with Crippen LogP contribution in [0.4, 0.5) is 5.82 Å². The number of nitrogens with zero attached hydrogens (tertiary/aromatic N) is 4. The lowest BCUT2D eigenvalue weighted by atomic mass is 10.2. The smallest absolute Gasteiger partial charge is 0.278 e. The zero-order chi connectivity index (χ0) is 16.4. The Balaban J connectivity index is 1.50. The van der Waals surface area contributed by atoms with Gasteiger partial charge in [-0.15, -0.1) is 10.2 Å². The molecule has 7 heteroatoms. The van der Waals surface area contributed by atoms with Gasteiger partial charge in [-0.3, -0.25) is 0 Å². The predicted molar refractivity (Wildman–Crippen MR) is 91.6 cm³/mol. The van der Waals surface area contributed by atoms with Crippen molar-refractivity contribution in [2.45, 2.75) is 31.7 Å². The highest BCUT2D eigenvalue weighted by Gasteiger charge is 2.16. The number of hydrogen-bond donors (Lipinski definition) is 1. The molecule has 0 aliphatic heterocycles. The van der Waals surface area contributed by atoms with Gasteiger partial charge in [-0.25, -0.2) is 0 Å². The first-order valence-corrected chi connectivity index (χ1v) is 8.36. The van der Waals surface area contributed by atoms with E-state index in [4.69, 9.17) is 16.1 Å². The van der Waals surface area contributed by atoms with Gasteiger partial charge in [0.05, 0.1) is 0 Å². The molecule has 0 saturated heterocycles. The van der Waals surface area contributed by atoms with Crippen molar-refractivity contribution < 1.29 is 4.52 Å². The molecule has 0 unspecified atom stereocenters. The monoisotopic (exact) mass is 341 g/mol. The maximum Gasteiger partial charge on any atom is 0.278 e. The van der Waals surface area contributed by atoms with Gasteiger partial charge in [-0.05, 0) is 49.2 Å². The SMILES string of the molecule is Clc1ccc(-c2noc(-c3ccc(NC4CCCC4)nn3)n2)cc1. The van der Waals surface area contributed by atoms with Crippen molar-refractivity contribution in [3.8, 4) is 23.0 Å². The van der Waals surface area contributed by atoms with Crippen molar-refractivity contribution >= 4 is 17.4 Å². The third-order valence-corrected chi connectivity index (χ3v) is 4.37. The summed E-state index contributed by atoms with van der Waals surface area (Å²) in [5, 5.41) is 16.4. The van der Waals surface area contributed by atoms with Crippen LogP contribution in [0.5, 0.6) is 0 Å². The van der Waals surface area contributed by atoms with E-state index in [2.05, 4.69) is 25.7 Å². The van der Waals surface area contributed by atoms with Gasteiger partial charge in [0.15, 0.2) is 5.69 Å². The van der Waals surface area contributed by atoms with Gasteiger partial charge in [0.2, 0.25) is 5.82 Å². The summed E-state index contributed by atoms with van der Waals surface area (Å²) in [5.74, 6) is 1.62. The van der Waals surface area contributed by atoms with Crippen LogP contribution in [-0.4, -0.2) is 26.4 Å². The molecule has 0 amide bonds. The van der Waals surface area contributed by atoms with E-state index in [1.165, 1.54) is 25.7 Å². The van der Waals surface area contributed by atoms with Crippen molar-refractivity contribution in [1.29, 1.82) is 0 Å². The van der Waals surface area contributed by atoms with Crippen LogP contribution in [0.3, 0.4) is 0 Å². The van der Waals surface area contributed by atoms with E-state index in [0.29, 0.717) is 28.5 Å². The molecule has 122 valence electrons. The number of hydrogen-bond acceptors (Lipinski definition) is 6. The second-order valence-electron chi connectivity index (χ2n) is 5.86. The Morgan fingerprint density at radius 1 is 1.00 bits per heavy atom. The Morgan fingerprint density at radius 3 is 2.50 bits per heavy atom. The molecule has 1 saturated carbocycles. The van der Waals surface area contributed by atoms with Gasteiger partial charge in [0.25, 0.3) is 5.89 Å². The average molecular weight is 342 g/mol. The topological polar surface area (TPSA) is 76.7 Å². The van der Waals surface area contributed by atoms with E-state index in [1.54, 1.807) is 12.1 Å². The number of benzene rings is 1. The van der Waals surface area contributed by atoms with Gasteiger partial charge < -0.3 is 9.84 Å². The minimum Gasteiger partial charge on any atom is -0.366 e. The number of halogens is 1. The standard InChI is InChI=1S/C17H16ClN5O/c18-12-7-5-11(6-8-12)16-20-17(24-23-16)14-9-10-15(22-21-14)19-13-3-1-2-4-13/h5-10,13H,1-4H2,(H,19,22).